The molecule has 1 atom stereocenters. The lowest BCUT2D eigenvalue weighted by atomic mass is 9.90. The van der Waals surface area contributed by atoms with Crippen LogP contribution in [0.1, 0.15) is 66.1 Å². The normalized spacial score (nSPS) is 20.7. The molecule has 2 aliphatic heterocycles. The zero-order valence-electron chi connectivity index (χ0n) is 20.3. The largest absolute Gasteiger partial charge is 0.495 e. The fourth-order valence-electron chi connectivity index (χ4n) is 4.87. The number of hydrogen-bond donors (Lipinski definition) is 1. The van der Waals surface area contributed by atoms with Gasteiger partial charge >= 0.3 is 0 Å². The first-order valence-electron chi connectivity index (χ1n) is 12.7. The third kappa shape index (κ3) is 6.25. The standard InChI is InChI=1S/C27H33N3O5S/c28-36(32,33)24-8-4-19(5-9-24)15-20-10-12-30(13-11-20)27(31)22-16-25(21-6-7-21)29-26(17-22)35-18-23-3-1-2-14-34-23/h2,4-5,8-9,14,16-17,20-21,23H,1,3,6-7,10-13,15,18H2,(H2,28,32,33). The number of nitrogens with zero attached hydrogens (tertiary/aromatic N) is 2. The van der Waals surface area contributed by atoms with Crippen molar-refractivity contribution in [1.82, 2.24) is 9.88 Å². The van der Waals surface area contributed by atoms with Crippen molar-refractivity contribution in [3.63, 3.8) is 0 Å². The second kappa shape index (κ2) is 10.6. The number of carbonyl (C=O) groups excluding carboxylic acids is 1. The minimum Gasteiger partial charge on any atom is -0.495 e. The van der Waals surface area contributed by atoms with Crippen LogP contribution in [0.5, 0.6) is 5.88 Å². The number of allylic oxidation sites excluding steroid dienone is 1. The van der Waals surface area contributed by atoms with Crippen LogP contribution in [0.25, 0.3) is 0 Å². The second-order valence-corrected chi connectivity index (χ2v) is 11.6. The molecule has 0 radical (unpaired) electrons. The Hall–Kier alpha value is -2.91. The van der Waals surface area contributed by atoms with E-state index in [1.807, 2.05) is 29.2 Å². The number of pyridine rings is 1. The third-order valence-electron chi connectivity index (χ3n) is 7.18. The van der Waals surface area contributed by atoms with Gasteiger partial charge in [0.05, 0.1) is 11.2 Å². The molecule has 9 heteroatoms. The van der Waals surface area contributed by atoms with E-state index in [4.69, 9.17) is 14.6 Å². The highest BCUT2D eigenvalue weighted by Crippen LogP contribution is 2.40. The summed E-state index contributed by atoms with van der Waals surface area (Å²) in [5, 5.41) is 5.19. The smallest absolute Gasteiger partial charge is 0.254 e. The van der Waals surface area contributed by atoms with E-state index in [2.05, 4.69) is 4.98 Å². The van der Waals surface area contributed by atoms with E-state index >= 15 is 0 Å². The Labute approximate surface area is 212 Å². The summed E-state index contributed by atoms with van der Waals surface area (Å²) in [7, 11) is -3.68. The number of ether oxygens (including phenoxy) is 2. The molecule has 1 aromatic heterocycles. The fourth-order valence-corrected chi connectivity index (χ4v) is 5.38. The zero-order chi connectivity index (χ0) is 25.1. The van der Waals surface area contributed by atoms with Gasteiger partial charge in [-0.1, -0.05) is 12.1 Å². The SMILES string of the molecule is NS(=O)(=O)c1ccc(CC2CCN(C(=O)c3cc(OCC4CCC=CO4)nc(C4CC4)c3)CC2)cc1. The summed E-state index contributed by atoms with van der Waals surface area (Å²) in [6, 6.07) is 10.5. The van der Waals surface area contributed by atoms with Gasteiger partial charge in [0.2, 0.25) is 15.9 Å². The number of primary sulfonamides is 1. The highest BCUT2D eigenvalue weighted by molar-refractivity contribution is 7.89. The molecular weight excluding hydrogens is 478 g/mol. The van der Waals surface area contributed by atoms with Gasteiger partial charge in [0, 0.05) is 36.3 Å². The molecule has 8 nitrogen and oxygen atoms in total. The van der Waals surface area contributed by atoms with Crippen molar-refractivity contribution in [2.45, 2.75) is 61.9 Å². The van der Waals surface area contributed by atoms with Crippen LogP contribution in [0.15, 0.2) is 53.6 Å². The molecule has 2 N–H and O–H groups in total. The van der Waals surface area contributed by atoms with Gasteiger partial charge in [-0.15, -0.1) is 0 Å². The van der Waals surface area contributed by atoms with E-state index in [0.717, 1.165) is 56.2 Å². The maximum absolute atomic E-state index is 13.4. The lowest BCUT2D eigenvalue weighted by Crippen LogP contribution is -2.39. The molecule has 0 spiro atoms. The van der Waals surface area contributed by atoms with Crippen LogP contribution < -0.4 is 9.88 Å². The van der Waals surface area contributed by atoms with Crippen molar-refractivity contribution in [1.29, 1.82) is 0 Å². The van der Waals surface area contributed by atoms with Gasteiger partial charge in [0.1, 0.15) is 12.7 Å². The number of hydrogen-bond acceptors (Lipinski definition) is 6. The van der Waals surface area contributed by atoms with Gasteiger partial charge in [-0.25, -0.2) is 18.5 Å². The van der Waals surface area contributed by atoms with E-state index < -0.39 is 10.0 Å². The van der Waals surface area contributed by atoms with Crippen molar-refractivity contribution < 1.29 is 22.7 Å². The molecule has 36 heavy (non-hydrogen) atoms. The number of benzene rings is 1. The molecule has 1 amide bonds. The summed E-state index contributed by atoms with van der Waals surface area (Å²) in [6.45, 7) is 1.80. The zero-order valence-corrected chi connectivity index (χ0v) is 21.2. The Morgan fingerprint density at radius 3 is 2.47 bits per heavy atom. The number of nitrogens with two attached hydrogens (primary N) is 1. The lowest BCUT2D eigenvalue weighted by molar-refractivity contribution is 0.0681. The Kier molecular flexibility index (Phi) is 7.29. The monoisotopic (exact) mass is 511 g/mol. The highest BCUT2D eigenvalue weighted by Gasteiger charge is 2.29. The van der Waals surface area contributed by atoms with E-state index in [0.29, 0.717) is 43.0 Å². The van der Waals surface area contributed by atoms with Gasteiger partial charge in [0.15, 0.2) is 0 Å². The summed E-state index contributed by atoms with van der Waals surface area (Å²) in [4.78, 5) is 20.1. The molecule has 5 rings (SSSR count). The topological polar surface area (TPSA) is 112 Å². The first-order chi connectivity index (χ1) is 17.3. The van der Waals surface area contributed by atoms with Crippen LogP contribution in [0.2, 0.25) is 0 Å². The molecule has 192 valence electrons. The third-order valence-corrected chi connectivity index (χ3v) is 8.11. The number of rotatable bonds is 8. The summed E-state index contributed by atoms with van der Waals surface area (Å²) in [6.07, 6.45) is 10.5. The van der Waals surface area contributed by atoms with Crippen LogP contribution in [0.3, 0.4) is 0 Å². The number of piperidine rings is 1. The molecule has 1 unspecified atom stereocenters. The number of aromatic nitrogens is 1. The predicted molar refractivity (Wildman–Crippen MR) is 135 cm³/mol. The highest BCUT2D eigenvalue weighted by atomic mass is 32.2. The maximum Gasteiger partial charge on any atom is 0.254 e. The minimum atomic E-state index is -3.68. The number of carbonyl (C=O) groups is 1. The van der Waals surface area contributed by atoms with Crippen molar-refractivity contribution in [2.75, 3.05) is 19.7 Å². The second-order valence-electron chi connectivity index (χ2n) is 10.0. The molecule has 1 aliphatic carbocycles. The first-order valence-corrected chi connectivity index (χ1v) is 14.3. The maximum atomic E-state index is 13.4. The van der Waals surface area contributed by atoms with Gasteiger partial charge in [-0.05, 0) is 80.7 Å². The lowest BCUT2D eigenvalue weighted by Gasteiger charge is -2.32. The average Bonchev–Trinajstić information content (AvgIpc) is 3.74. The summed E-state index contributed by atoms with van der Waals surface area (Å²) >= 11 is 0. The van der Waals surface area contributed by atoms with Crippen molar-refractivity contribution in [2.24, 2.45) is 11.1 Å². The van der Waals surface area contributed by atoms with Crippen LogP contribution in [-0.2, 0) is 21.2 Å². The number of sulfonamides is 1. The molecule has 1 saturated heterocycles. The minimum absolute atomic E-state index is 0.00970. The Bertz CT molecular complexity index is 1220. The number of amides is 1. The summed E-state index contributed by atoms with van der Waals surface area (Å²) in [5.41, 5.74) is 2.66. The molecular formula is C27H33N3O5S. The Morgan fingerprint density at radius 1 is 1.08 bits per heavy atom. The molecule has 3 heterocycles. The van der Waals surface area contributed by atoms with Crippen LogP contribution >= 0.6 is 0 Å². The van der Waals surface area contributed by atoms with Gasteiger partial charge in [-0.3, -0.25) is 4.79 Å². The van der Waals surface area contributed by atoms with Crippen molar-refractivity contribution in [3.05, 3.63) is 65.6 Å². The van der Waals surface area contributed by atoms with Crippen LogP contribution in [-0.4, -0.2) is 50.0 Å². The van der Waals surface area contributed by atoms with Gasteiger partial charge in [0.25, 0.3) is 5.91 Å². The molecule has 2 aromatic rings. The Balaban J connectivity index is 1.19. The van der Waals surface area contributed by atoms with E-state index in [-0.39, 0.29) is 16.9 Å². The van der Waals surface area contributed by atoms with Crippen molar-refractivity contribution in [3.8, 4) is 5.88 Å². The molecule has 0 bridgehead atoms. The summed E-state index contributed by atoms with van der Waals surface area (Å²) < 4.78 is 34.5. The molecule has 1 saturated carbocycles. The average molecular weight is 512 g/mol. The fraction of sp³-hybridized carbons (Fsp3) is 0.481. The quantitative estimate of drug-likeness (QED) is 0.577. The van der Waals surface area contributed by atoms with Crippen LogP contribution in [0, 0.1) is 5.92 Å². The van der Waals surface area contributed by atoms with Gasteiger partial charge < -0.3 is 14.4 Å². The molecule has 3 aliphatic rings. The Morgan fingerprint density at radius 2 is 1.83 bits per heavy atom. The van der Waals surface area contributed by atoms with Crippen molar-refractivity contribution >= 4 is 15.9 Å². The molecule has 1 aromatic carbocycles. The van der Waals surface area contributed by atoms with Gasteiger partial charge in [-0.2, -0.15) is 0 Å². The van der Waals surface area contributed by atoms with E-state index in [1.165, 1.54) is 0 Å². The number of likely N-dealkylation sites (tertiary alicyclic amines) is 1. The molecule has 2 fully saturated rings. The first kappa shape index (κ1) is 24.8. The van der Waals surface area contributed by atoms with E-state index in [9.17, 15) is 13.2 Å². The predicted octanol–water partition coefficient (Wildman–Crippen LogP) is 3.77. The van der Waals surface area contributed by atoms with E-state index in [1.54, 1.807) is 24.5 Å². The van der Waals surface area contributed by atoms with Crippen LogP contribution in [0.4, 0.5) is 0 Å². The summed E-state index contributed by atoms with van der Waals surface area (Å²) in [5.74, 6) is 1.38.